The smallest absolute Gasteiger partial charge is 0.262 e. The van der Waals surface area contributed by atoms with Gasteiger partial charge in [-0.2, -0.15) is 0 Å². The highest BCUT2D eigenvalue weighted by molar-refractivity contribution is 6.06. The monoisotopic (exact) mass is 293 g/mol. The van der Waals surface area contributed by atoms with Crippen molar-refractivity contribution in [3.05, 3.63) is 28.0 Å². The second-order valence-corrected chi connectivity index (χ2v) is 5.29. The SMILES string of the molecule is CCC(C)(CCO)NC(=O)c1c(C)oc2nc[nH]c(=O)c12. The molecule has 2 rings (SSSR count). The summed E-state index contributed by atoms with van der Waals surface area (Å²) in [6, 6.07) is 0. The van der Waals surface area contributed by atoms with Crippen molar-refractivity contribution in [1.82, 2.24) is 15.3 Å². The number of carbonyl (C=O) groups is 1. The maximum absolute atomic E-state index is 12.5. The van der Waals surface area contributed by atoms with E-state index in [1.54, 1.807) is 6.92 Å². The lowest BCUT2D eigenvalue weighted by Crippen LogP contribution is -2.46. The minimum Gasteiger partial charge on any atom is -0.442 e. The first-order valence-corrected chi connectivity index (χ1v) is 6.82. The molecular weight excluding hydrogens is 274 g/mol. The van der Waals surface area contributed by atoms with Crippen LogP contribution in [-0.2, 0) is 0 Å². The third kappa shape index (κ3) is 2.82. The summed E-state index contributed by atoms with van der Waals surface area (Å²) in [4.78, 5) is 30.8. The third-order valence-corrected chi connectivity index (χ3v) is 3.76. The number of hydrogen-bond donors (Lipinski definition) is 3. The second-order valence-electron chi connectivity index (χ2n) is 5.29. The summed E-state index contributed by atoms with van der Waals surface area (Å²) in [5.41, 5.74) is -0.627. The highest BCUT2D eigenvalue weighted by atomic mass is 16.3. The van der Waals surface area contributed by atoms with Crippen molar-refractivity contribution in [3.8, 4) is 0 Å². The van der Waals surface area contributed by atoms with Gasteiger partial charge in [-0.3, -0.25) is 9.59 Å². The number of rotatable bonds is 5. The van der Waals surface area contributed by atoms with Crippen LogP contribution in [0.25, 0.3) is 11.1 Å². The normalized spacial score (nSPS) is 14.1. The van der Waals surface area contributed by atoms with Crippen LogP contribution < -0.4 is 10.9 Å². The summed E-state index contributed by atoms with van der Waals surface area (Å²) >= 11 is 0. The third-order valence-electron chi connectivity index (χ3n) is 3.76. The zero-order valence-electron chi connectivity index (χ0n) is 12.3. The molecule has 0 aliphatic heterocycles. The van der Waals surface area contributed by atoms with Gasteiger partial charge in [-0.05, 0) is 26.7 Å². The van der Waals surface area contributed by atoms with Gasteiger partial charge < -0.3 is 19.8 Å². The number of aromatic nitrogens is 2. The van der Waals surface area contributed by atoms with E-state index in [4.69, 9.17) is 9.52 Å². The lowest BCUT2D eigenvalue weighted by Gasteiger charge is -2.28. The number of amides is 1. The van der Waals surface area contributed by atoms with Crippen LogP contribution in [0.3, 0.4) is 0 Å². The number of carbonyl (C=O) groups excluding carboxylic acids is 1. The lowest BCUT2D eigenvalue weighted by molar-refractivity contribution is 0.0886. The van der Waals surface area contributed by atoms with E-state index in [1.165, 1.54) is 6.33 Å². The first-order chi connectivity index (χ1) is 9.91. The van der Waals surface area contributed by atoms with Gasteiger partial charge in [-0.25, -0.2) is 4.98 Å². The molecule has 114 valence electrons. The maximum Gasteiger partial charge on any atom is 0.262 e. The van der Waals surface area contributed by atoms with Gasteiger partial charge in [0.15, 0.2) is 0 Å². The average molecular weight is 293 g/mol. The van der Waals surface area contributed by atoms with Gasteiger partial charge in [0.2, 0.25) is 5.71 Å². The van der Waals surface area contributed by atoms with Gasteiger partial charge >= 0.3 is 0 Å². The van der Waals surface area contributed by atoms with Gasteiger partial charge in [0.25, 0.3) is 11.5 Å². The van der Waals surface area contributed by atoms with E-state index in [0.29, 0.717) is 18.6 Å². The van der Waals surface area contributed by atoms with Gasteiger partial charge in [0.1, 0.15) is 11.1 Å². The van der Waals surface area contributed by atoms with E-state index in [2.05, 4.69) is 15.3 Å². The number of aliphatic hydroxyl groups is 1. The predicted octanol–water partition coefficient (Wildman–Crippen LogP) is 1.11. The van der Waals surface area contributed by atoms with E-state index in [1.807, 2.05) is 13.8 Å². The Labute approximate surface area is 121 Å². The Morgan fingerprint density at radius 3 is 2.90 bits per heavy atom. The van der Waals surface area contributed by atoms with E-state index >= 15 is 0 Å². The van der Waals surface area contributed by atoms with Gasteiger partial charge in [0, 0.05) is 12.1 Å². The minimum absolute atomic E-state index is 0.0299. The largest absolute Gasteiger partial charge is 0.442 e. The molecule has 2 aromatic rings. The average Bonchev–Trinajstić information content (AvgIpc) is 2.76. The topological polar surface area (TPSA) is 108 Å². The van der Waals surface area contributed by atoms with Crippen LogP contribution >= 0.6 is 0 Å². The molecule has 2 aromatic heterocycles. The van der Waals surface area contributed by atoms with Crippen molar-refractivity contribution < 1.29 is 14.3 Å². The summed E-state index contributed by atoms with van der Waals surface area (Å²) in [6.45, 7) is 5.36. The molecule has 1 unspecified atom stereocenters. The van der Waals surface area contributed by atoms with Crippen LogP contribution in [0.15, 0.2) is 15.5 Å². The number of hydrogen-bond acceptors (Lipinski definition) is 5. The molecule has 0 saturated heterocycles. The minimum atomic E-state index is -0.545. The number of H-pyrrole nitrogens is 1. The van der Waals surface area contributed by atoms with Crippen LogP contribution in [0.5, 0.6) is 0 Å². The molecule has 21 heavy (non-hydrogen) atoms. The number of aliphatic hydroxyl groups excluding tert-OH is 1. The van der Waals surface area contributed by atoms with Gasteiger partial charge in [-0.1, -0.05) is 6.92 Å². The van der Waals surface area contributed by atoms with E-state index in [0.717, 1.165) is 0 Å². The summed E-state index contributed by atoms with van der Waals surface area (Å²) in [6.07, 6.45) is 2.32. The van der Waals surface area contributed by atoms with Crippen molar-refractivity contribution in [2.24, 2.45) is 0 Å². The first-order valence-electron chi connectivity index (χ1n) is 6.82. The van der Waals surface area contributed by atoms with Gasteiger partial charge in [-0.15, -0.1) is 0 Å². The summed E-state index contributed by atoms with van der Waals surface area (Å²) in [5.74, 6) is -0.0586. The van der Waals surface area contributed by atoms with Crippen LogP contribution in [0.2, 0.25) is 0 Å². The van der Waals surface area contributed by atoms with Crippen molar-refractivity contribution in [1.29, 1.82) is 0 Å². The highest BCUT2D eigenvalue weighted by Crippen LogP contribution is 2.22. The molecule has 0 aliphatic carbocycles. The fourth-order valence-corrected chi connectivity index (χ4v) is 2.24. The quantitative estimate of drug-likeness (QED) is 0.765. The highest BCUT2D eigenvalue weighted by Gasteiger charge is 2.28. The van der Waals surface area contributed by atoms with Crippen molar-refractivity contribution in [2.45, 2.75) is 39.2 Å². The molecule has 7 nitrogen and oxygen atoms in total. The van der Waals surface area contributed by atoms with Crippen molar-refractivity contribution >= 4 is 17.0 Å². The molecule has 0 radical (unpaired) electrons. The molecule has 1 atom stereocenters. The Bertz CT molecular complexity index is 719. The fraction of sp³-hybridized carbons (Fsp3) is 0.500. The van der Waals surface area contributed by atoms with Crippen LogP contribution in [0, 0.1) is 6.92 Å². The molecule has 2 heterocycles. The summed E-state index contributed by atoms with van der Waals surface area (Å²) < 4.78 is 5.37. The molecule has 1 amide bonds. The summed E-state index contributed by atoms with van der Waals surface area (Å²) in [5, 5.41) is 12.1. The maximum atomic E-state index is 12.5. The molecule has 0 fully saturated rings. The number of nitrogens with one attached hydrogen (secondary N) is 2. The summed E-state index contributed by atoms with van der Waals surface area (Å²) in [7, 11) is 0. The molecule has 0 aromatic carbocycles. The Hall–Kier alpha value is -2.15. The fourth-order valence-electron chi connectivity index (χ4n) is 2.24. The van der Waals surface area contributed by atoms with Gasteiger partial charge in [0.05, 0.1) is 11.9 Å². The van der Waals surface area contributed by atoms with Crippen LogP contribution in [0.1, 0.15) is 42.8 Å². The molecule has 7 heteroatoms. The van der Waals surface area contributed by atoms with E-state index < -0.39 is 17.0 Å². The lowest BCUT2D eigenvalue weighted by atomic mass is 9.94. The standard InChI is InChI=1S/C14H19N3O4/c1-4-14(3,5-6-18)17-12(20)9-8(2)21-13-10(9)11(19)15-7-16-13/h7,18H,4-6H2,1-3H3,(H,17,20)(H,15,16,19). The molecule has 0 saturated carbocycles. The molecule has 0 bridgehead atoms. The number of fused-ring (bicyclic) bond motifs is 1. The van der Waals surface area contributed by atoms with Crippen LogP contribution in [-0.4, -0.2) is 33.1 Å². The zero-order chi connectivity index (χ0) is 15.6. The number of nitrogens with zero attached hydrogens (tertiary/aromatic N) is 1. The van der Waals surface area contributed by atoms with E-state index in [9.17, 15) is 9.59 Å². The molecular formula is C14H19N3O4. The second kappa shape index (κ2) is 5.69. The Kier molecular flexibility index (Phi) is 4.13. The molecule has 3 N–H and O–H groups in total. The number of aryl methyl sites for hydroxylation is 1. The first kappa shape index (κ1) is 15.2. The van der Waals surface area contributed by atoms with E-state index in [-0.39, 0.29) is 23.3 Å². The zero-order valence-corrected chi connectivity index (χ0v) is 12.3. The van der Waals surface area contributed by atoms with Crippen molar-refractivity contribution in [2.75, 3.05) is 6.61 Å². The van der Waals surface area contributed by atoms with Crippen LogP contribution in [0.4, 0.5) is 0 Å². The Morgan fingerprint density at radius 2 is 2.29 bits per heavy atom. The number of aromatic amines is 1. The predicted molar refractivity (Wildman–Crippen MR) is 77.2 cm³/mol. The molecule has 0 aliphatic rings. The Balaban J connectivity index is 2.45. The molecule has 0 spiro atoms. The Morgan fingerprint density at radius 1 is 1.57 bits per heavy atom. The number of furan rings is 1. The van der Waals surface area contributed by atoms with Crippen molar-refractivity contribution in [3.63, 3.8) is 0 Å².